The van der Waals surface area contributed by atoms with Crippen LogP contribution < -0.4 is 5.73 Å². The Morgan fingerprint density at radius 1 is 1.31 bits per heavy atom. The fourth-order valence-corrected chi connectivity index (χ4v) is 5.39. The van der Waals surface area contributed by atoms with Crippen molar-refractivity contribution in [3.63, 3.8) is 0 Å². The van der Waals surface area contributed by atoms with Crippen molar-refractivity contribution in [1.82, 2.24) is 9.80 Å². The van der Waals surface area contributed by atoms with Crippen molar-refractivity contribution in [3.05, 3.63) is 51.7 Å². The number of benzene rings is 1. The largest absolute Gasteiger partial charge is 0.335 e. The number of nitrogens with two attached hydrogens (primary N) is 1. The minimum atomic E-state index is 0.213. The van der Waals surface area contributed by atoms with E-state index in [2.05, 4.69) is 33.6 Å². The molecule has 2 heterocycles. The summed E-state index contributed by atoms with van der Waals surface area (Å²) in [5.41, 5.74) is 6.95. The topological polar surface area (TPSA) is 49.6 Å². The standard InChI is InChI=1S/C22H30ClN3OS2/c1-17(6-10-24)25-11-7-20(8-12-25)26(14-18-9-13-28-15-18)22(27)16-29-21-4-2-19(23)3-5-21/h2-5,9,13,15,17,20H,6-8,10-12,14,16,24H2,1H3. The summed E-state index contributed by atoms with van der Waals surface area (Å²) in [6.45, 7) is 5.75. The number of thiophene rings is 1. The first-order chi connectivity index (χ1) is 14.1. The summed E-state index contributed by atoms with van der Waals surface area (Å²) in [5.74, 6) is 0.667. The molecule has 4 nitrogen and oxygen atoms in total. The molecular weight excluding hydrogens is 422 g/mol. The summed E-state index contributed by atoms with van der Waals surface area (Å²) >= 11 is 9.23. The average Bonchev–Trinajstić information content (AvgIpc) is 3.25. The molecule has 7 heteroatoms. The number of nitrogens with zero attached hydrogens (tertiary/aromatic N) is 2. The number of hydrogen-bond donors (Lipinski definition) is 1. The van der Waals surface area contributed by atoms with Crippen LogP contribution in [0.3, 0.4) is 0 Å². The Balaban J connectivity index is 1.61. The van der Waals surface area contributed by atoms with Gasteiger partial charge in [0.2, 0.25) is 5.91 Å². The van der Waals surface area contributed by atoms with E-state index in [0.717, 1.165) is 48.8 Å². The highest BCUT2D eigenvalue weighted by atomic mass is 35.5. The van der Waals surface area contributed by atoms with Crippen LogP contribution in [-0.4, -0.2) is 53.2 Å². The zero-order valence-electron chi connectivity index (χ0n) is 16.9. The number of rotatable bonds is 9. The van der Waals surface area contributed by atoms with E-state index in [1.165, 1.54) is 5.56 Å². The molecule has 1 atom stereocenters. The Hall–Kier alpha value is -1.05. The zero-order chi connectivity index (χ0) is 20.6. The summed E-state index contributed by atoms with van der Waals surface area (Å²) in [6.07, 6.45) is 3.08. The fourth-order valence-electron chi connectivity index (χ4n) is 3.82. The number of piperidine rings is 1. The molecule has 29 heavy (non-hydrogen) atoms. The molecule has 1 fully saturated rings. The van der Waals surface area contributed by atoms with E-state index in [4.69, 9.17) is 17.3 Å². The van der Waals surface area contributed by atoms with Crippen molar-refractivity contribution in [2.24, 2.45) is 5.73 Å². The molecular formula is C22H30ClN3OS2. The van der Waals surface area contributed by atoms with E-state index >= 15 is 0 Å². The molecule has 158 valence electrons. The summed E-state index contributed by atoms with van der Waals surface area (Å²) in [6, 6.07) is 10.6. The van der Waals surface area contributed by atoms with Crippen LogP contribution in [-0.2, 0) is 11.3 Å². The maximum atomic E-state index is 13.2. The Morgan fingerprint density at radius 3 is 2.66 bits per heavy atom. The highest BCUT2D eigenvalue weighted by molar-refractivity contribution is 8.00. The highest BCUT2D eigenvalue weighted by Crippen LogP contribution is 2.25. The van der Waals surface area contributed by atoms with E-state index < -0.39 is 0 Å². The molecule has 2 N–H and O–H groups in total. The van der Waals surface area contributed by atoms with Gasteiger partial charge < -0.3 is 15.5 Å². The third-order valence-corrected chi connectivity index (χ3v) is 7.56. The summed E-state index contributed by atoms with van der Waals surface area (Å²) in [4.78, 5) is 18.9. The van der Waals surface area contributed by atoms with Gasteiger partial charge in [-0.25, -0.2) is 0 Å². The van der Waals surface area contributed by atoms with Crippen molar-refractivity contribution in [1.29, 1.82) is 0 Å². The summed E-state index contributed by atoms with van der Waals surface area (Å²) in [5, 5.41) is 4.94. The lowest BCUT2D eigenvalue weighted by atomic mass is 10.00. The molecule has 0 radical (unpaired) electrons. The zero-order valence-corrected chi connectivity index (χ0v) is 19.3. The molecule has 0 aliphatic carbocycles. The van der Waals surface area contributed by atoms with Crippen LogP contribution in [0.15, 0.2) is 46.0 Å². The Bertz CT molecular complexity index is 746. The van der Waals surface area contributed by atoms with Gasteiger partial charge in [0.05, 0.1) is 5.75 Å². The van der Waals surface area contributed by atoms with Crippen LogP contribution in [0.5, 0.6) is 0 Å². The second-order valence-corrected chi connectivity index (χ2v) is 9.85. The van der Waals surface area contributed by atoms with Gasteiger partial charge in [-0.15, -0.1) is 11.8 Å². The normalized spacial score (nSPS) is 16.7. The molecule has 0 spiro atoms. The predicted molar refractivity (Wildman–Crippen MR) is 125 cm³/mol. The van der Waals surface area contributed by atoms with E-state index in [-0.39, 0.29) is 5.91 Å². The van der Waals surface area contributed by atoms with Crippen LogP contribution in [0.1, 0.15) is 31.7 Å². The number of thioether (sulfide) groups is 1. The molecule has 1 saturated heterocycles. The van der Waals surface area contributed by atoms with Crippen LogP contribution in [0, 0.1) is 0 Å². The van der Waals surface area contributed by atoms with Gasteiger partial charge in [-0.2, -0.15) is 11.3 Å². The highest BCUT2D eigenvalue weighted by Gasteiger charge is 2.29. The number of hydrogen-bond acceptors (Lipinski definition) is 5. The first-order valence-corrected chi connectivity index (χ1v) is 12.5. The van der Waals surface area contributed by atoms with Crippen molar-refractivity contribution in [2.45, 2.75) is 49.7 Å². The minimum Gasteiger partial charge on any atom is -0.335 e. The van der Waals surface area contributed by atoms with Gasteiger partial charge in [0, 0.05) is 41.6 Å². The smallest absolute Gasteiger partial charge is 0.233 e. The van der Waals surface area contributed by atoms with Gasteiger partial charge in [-0.3, -0.25) is 4.79 Å². The first kappa shape index (κ1) is 22.6. The molecule has 1 aliphatic rings. The molecule has 1 aromatic heterocycles. The van der Waals surface area contributed by atoms with Gasteiger partial charge in [-0.1, -0.05) is 11.6 Å². The Morgan fingerprint density at radius 2 is 2.03 bits per heavy atom. The maximum Gasteiger partial charge on any atom is 0.233 e. The van der Waals surface area contributed by atoms with Crippen LogP contribution in [0.4, 0.5) is 0 Å². The van der Waals surface area contributed by atoms with Crippen molar-refractivity contribution in [3.8, 4) is 0 Å². The quantitative estimate of drug-likeness (QED) is 0.560. The molecule has 0 bridgehead atoms. The lowest BCUT2D eigenvalue weighted by Crippen LogP contribution is -2.49. The number of halogens is 1. The fraction of sp³-hybridized carbons (Fsp3) is 0.500. The average molecular weight is 452 g/mol. The van der Waals surface area contributed by atoms with Gasteiger partial charge in [0.25, 0.3) is 0 Å². The summed E-state index contributed by atoms with van der Waals surface area (Å²) in [7, 11) is 0. The van der Waals surface area contributed by atoms with E-state index in [1.807, 2.05) is 24.3 Å². The van der Waals surface area contributed by atoms with E-state index in [0.29, 0.717) is 24.4 Å². The van der Waals surface area contributed by atoms with Crippen LogP contribution in [0.25, 0.3) is 0 Å². The lowest BCUT2D eigenvalue weighted by molar-refractivity contribution is -0.132. The number of carbonyl (C=O) groups is 1. The second kappa shape index (κ2) is 11.4. The van der Waals surface area contributed by atoms with Crippen molar-refractivity contribution < 1.29 is 4.79 Å². The Labute approximate surface area is 187 Å². The van der Waals surface area contributed by atoms with Gasteiger partial charge in [-0.05, 0) is 79.4 Å². The van der Waals surface area contributed by atoms with Gasteiger partial charge >= 0.3 is 0 Å². The number of amides is 1. The van der Waals surface area contributed by atoms with Crippen molar-refractivity contribution in [2.75, 3.05) is 25.4 Å². The molecule has 1 aliphatic heterocycles. The molecule has 3 rings (SSSR count). The number of carbonyl (C=O) groups excluding carboxylic acids is 1. The SMILES string of the molecule is CC(CCN)N1CCC(N(Cc2ccsc2)C(=O)CSc2ccc(Cl)cc2)CC1. The lowest BCUT2D eigenvalue weighted by Gasteiger charge is -2.40. The minimum absolute atomic E-state index is 0.213. The molecule has 1 aromatic carbocycles. The third-order valence-electron chi connectivity index (χ3n) is 5.58. The van der Waals surface area contributed by atoms with Crippen LogP contribution in [0.2, 0.25) is 5.02 Å². The predicted octanol–water partition coefficient (Wildman–Crippen LogP) is 4.72. The van der Waals surface area contributed by atoms with Crippen LogP contribution >= 0.6 is 34.7 Å². The van der Waals surface area contributed by atoms with Gasteiger partial charge in [0.1, 0.15) is 0 Å². The molecule has 2 aromatic rings. The second-order valence-electron chi connectivity index (χ2n) is 7.59. The van der Waals surface area contributed by atoms with E-state index in [1.54, 1.807) is 23.1 Å². The third kappa shape index (κ3) is 6.72. The first-order valence-electron chi connectivity index (χ1n) is 10.2. The molecule has 1 amide bonds. The van der Waals surface area contributed by atoms with E-state index in [9.17, 15) is 4.79 Å². The number of likely N-dealkylation sites (tertiary alicyclic amines) is 1. The monoisotopic (exact) mass is 451 g/mol. The Kier molecular flexibility index (Phi) is 8.87. The maximum absolute atomic E-state index is 13.2. The van der Waals surface area contributed by atoms with Gasteiger partial charge in [0.15, 0.2) is 0 Å². The molecule has 1 unspecified atom stereocenters. The summed E-state index contributed by atoms with van der Waals surface area (Å²) < 4.78 is 0. The van der Waals surface area contributed by atoms with Crippen molar-refractivity contribution >= 4 is 40.6 Å². The molecule has 0 saturated carbocycles.